The van der Waals surface area contributed by atoms with E-state index in [4.69, 9.17) is 11.6 Å². The molecule has 0 fully saturated rings. The summed E-state index contributed by atoms with van der Waals surface area (Å²) in [5.41, 5.74) is 0. The number of hydrogen-bond acceptors (Lipinski definition) is 0. The van der Waals surface area contributed by atoms with Crippen molar-refractivity contribution in [1.82, 2.24) is 0 Å². The average molecular weight is 171 g/mol. The molecular formula is C5H8BClF3-. The van der Waals surface area contributed by atoms with Crippen molar-refractivity contribution in [2.24, 2.45) is 0 Å². The second-order valence-corrected chi connectivity index (χ2v) is 2.26. The molecule has 0 amide bonds. The number of halogens is 4. The predicted octanol–water partition coefficient (Wildman–Crippen LogP) is 2.95. The monoisotopic (exact) mass is 171 g/mol. The Morgan fingerprint density at radius 2 is 1.90 bits per heavy atom. The van der Waals surface area contributed by atoms with E-state index in [9.17, 15) is 12.9 Å². The van der Waals surface area contributed by atoms with Gasteiger partial charge >= 0.3 is 6.98 Å². The molecule has 0 aliphatic rings. The fraction of sp³-hybridized carbons (Fsp3) is 0.600. The van der Waals surface area contributed by atoms with Gasteiger partial charge in [-0.2, -0.15) is 0 Å². The largest absolute Gasteiger partial charge is 0.502 e. The van der Waals surface area contributed by atoms with Crippen molar-refractivity contribution in [1.29, 1.82) is 0 Å². The minimum atomic E-state index is -4.74. The van der Waals surface area contributed by atoms with E-state index in [-0.39, 0.29) is 0 Å². The quantitative estimate of drug-likeness (QED) is 0.347. The van der Waals surface area contributed by atoms with Crippen molar-refractivity contribution in [3.63, 3.8) is 0 Å². The van der Waals surface area contributed by atoms with Crippen molar-refractivity contribution < 1.29 is 12.9 Å². The van der Waals surface area contributed by atoms with Crippen LogP contribution < -0.4 is 0 Å². The topological polar surface area (TPSA) is 0 Å². The third-order valence-electron chi connectivity index (χ3n) is 0.859. The average Bonchev–Trinajstić information content (AvgIpc) is 1.78. The molecule has 0 rings (SSSR count). The normalized spacial score (nSPS) is 12.8. The Hall–Kier alpha value is -0.115. The SMILES string of the molecule is F[B-](F)(F)/C=C/CCCCl. The maximum Gasteiger partial charge on any atom is 0.502 e. The van der Waals surface area contributed by atoms with Crippen LogP contribution in [0.5, 0.6) is 0 Å². The summed E-state index contributed by atoms with van der Waals surface area (Å²) in [6.45, 7) is -4.74. The molecule has 0 aromatic rings. The number of hydrogen-bond donors (Lipinski definition) is 0. The fourth-order valence-electron chi connectivity index (χ4n) is 0.446. The van der Waals surface area contributed by atoms with Gasteiger partial charge in [0.2, 0.25) is 0 Å². The van der Waals surface area contributed by atoms with Crippen LogP contribution in [0.2, 0.25) is 0 Å². The minimum absolute atomic E-state index is 0.298. The molecule has 0 aromatic heterocycles. The van der Waals surface area contributed by atoms with Gasteiger partial charge < -0.3 is 12.9 Å². The summed E-state index contributed by atoms with van der Waals surface area (Å²) in [4.78, 5) is 0. The van der Waals surface area contributed by atoms with Crippen LogP contribution in [0.25, 0.3) is 0 Å². The molecular weight excluding hydrogens is 163 g/mol. The van der Waals surface area contributed by atoms with Crippen molar-refractivity contribution in [3.8, 4) is 0 Å². The van der Waals surface area contributed by atoms with E-state index in [0.717, 1.165) is 6.08 Å². The van der Waals surface area contributed by atoms with Gasteiger partial charge in [-0.3, -0.25) is 0 Å². The second kappa shape index (κ2) is 4.66. The lowest BCUT2D eigenvalue weighted by Gasteiger charge is -2.05. The first kappa shape index (κ1) is 9.88. The smallest absolute Gasteiger partial charge is 0.445 e. The van der Waals surface area contributed by atoms with Crippen LogP contribution in [0.15, 0.2) is 12.1 Å². The lowest BCUT2D eigenvalue weighted by molar-refractivity contribution is 0.498. The first-order valence-corrected chi connectivity index (χ1v) is 3.53. The van der Waals surface area contributed by atoms with Gasteiger partial charge in [0.15, 0.2) is 0 Å². The summed E-state index contributed by atoms with van der Waals surface area (Å²) in [6.07, 6.45) is 2.12. The summed E-state index contributed by atoms with van der Waals surface area (Å²) in [6, 6.07) is 0. The van der Waals surface area contributed by atoms with Gasteiger partial charge in [0.05, 0.1) is 0 Å². The maximum absolute atomic E-state index is 11.4. The molecule has 0 nitrogen and oxygen atoms in total. The van der Waals surface area contributed by atoms with E-state index in [1.807, 2.05) is 0 Å². The van der Waals surface area contributed by atoms with E-state index in [2.05, 4.69) is 0 Å². The Morgan fingerprint density at radius 1 is 1.30 bits per heavy atom. The van der Waals surface area contributed by atoms with Crippen molar-refractivity contribution >= 4 is 18.6 Å². The lowest BCUT2D eigenvalue weighted by Crippen LogP contribution is -2.09. The highest BCUT2D eigenvalue weighted by molar-refractivity contribution is 6.64. The van der Waals surface area contributed by atoms with Crippen LogP contribution in [0.3, 0.4) is 0 Å². The molecule has 0 aliphatic carbocycles. The van der Waals surface area contributed by atoms with Gasteiger partial charge in [-0.15, -0.1) is 23.7 Å². The second-order valence-electron chi connectivity index (χ2n) is 1.88. The maximum atomic E-state index is 11.4. The van der Waals surface area contributed by atoms with Gasteiger partial charge in [0.1, 0.15) is 0 Å². The Bertz CT molecular complexity index is 110. The standard InChI is InChI=1S/C5H8BClF3/c7-5-3-1-2-4-6(8,9)10/h2,4H,1,3,5H2/q-1/b4-2+. The van der Waals surface area contributed by atoms with E-state index >= 15 is 0 Å². The van der Waals surface area contributed by atoms with E-state index in [1.165, 1.54) is 0 Å². The fourth-order valence-corrected chi connectivity index (χ4v) is 0.600. The molecule has 5 heteroatoms. The van der Waals surface area contributed by atoms with Crippen LogP contribution in [0.1, 0.15) is 12.8 Å². The molecule has 0 saturated heterocycles. The molecule has 10 heavy (non-hydrogen) atoms. The molecule has 0 atom stereocenters. The zero-order valence-corrected chi connectivity index (χ0v) is 6.12. The summed E-state index contributed by atoms with van der Waals surface area (Å²) in [5.74, 6) is 0.710. The molecule has 0 heterocycles. The molecule has 0 radical (unpaired) electrons. The van der Waals surface area contributed by atoms with Crippen LogP contribution in [-0.4, -0.2) is 12.9 Å². The third-order valence-corrected chi connectivity index (χ3v) is 1.13. The number of alkyl halides is 1. The molecule has 60 valence electrons. The Labute approximate surface area is 63.1 Å². The van der Waals surface area contributed by atoms with Crippen molar-refractivity contribution in [2.75, 3.05) is 5.88 Å². The molecule has 0 aromatic carbocycles. The lowest BCUT2D eigenvalue weighted by atomic mass is 9.91. The van der Waals surface area contributed by atoms with Crippen molar-refractivity contribution in [3.05, 3.63) is 12.1 Å². The number of unbranched alkanes of at least 4 members (excludes halogenated alkanes) is 1. The molecule has 0 N–H and O–H groups in total. The van der Waals surface area contributed by atoms with Crippen LogP contribution in [-0.2, 0) is 0 Å². The first-order chi connectivity index (χ1) is 4.56. The minimum Gasteiger partial charge on any atom is -0.445 e. The first-order valence-electron chi connectivity index (χ1n) is 3.00. The Balaban J connectivity index is 3.37. The Kier molecular flexibility index (Phi) is 4.61. The van der Waals surface area contributed by atoms with E-state index in [0.29, 0.717) is 24.7 Å². The van der Waals surface area contributed by atoms with Gasteiger partial charge in [-0.05, 0) is 12.8 Å². The zero-order chi connectivity index (χ0) is 8.04. The molecule has 0 aliphatic heterocycles. The van der Waals surface area contributed by atoms with E-state index in [1.54, 1.807) is 0 Å². The van der Waals surface area contributed by atoms with Crippen LogP contribution in [0, 0.1) is 0 Å². The highest BCUT2D eigenvalue weighted by atomic mass is 35.5. The van der Waals surface area contributed by atoms with Crippen LogP contribution >= 0.6 is 11.6 Å². The summed E-state index contributed by atoms with van der Waals surface area (Å²) in [5, 5.41) is 0. The number of rotatable bonds is 4. The predicted molar refractivity (Wildman–Crippen MR) is 38.2 cm³/mol. The summed E-state index contributed by atoms with van der Waals surface area (Å²) in [7, 11) is 0. The van der Waals surface area contributed by atoms with E-state index < -0.39 is 6.98 Å². The van der Waals surface area contributed by atoms with Crippen molar-refractivity contribution in [2.45, 2.75) is 12.8 Å². The van der Waals surface area contributed by atoms with Gasteiger partial charge in [0, 0.05) is 5.88 Å². The molecule has 0 saturated carbocycles. The van der Waals surface area contributed by atoms with Gasteiger partial charge in [0.25, 0.3) is 0 Å². The molecule has 0 spiro atoms. The number of allylic oxidation sites excluding steroid dienone is 1. The summed E-state index contributed by atoms with van der Waals surface area (Å²) < 4.78 is 34.3. The molecule has 0 unspecified atom stereocenters. The van der Waals surface area contributed by atoms with Gasteiger partial charge in [-0.25, -0.2) is 0 Å². The van der Waals surface area contributed by atoms with Gasteiger partial charge in [-0.1, -0.05) is 0 Å². The third kappa shape index (κ3) is 7.88. The molecule has 0 bridgehead atoms. The zero-order valence-electron chi connectivity index (χ0n) is 5.37. The summed E-state index contributed by atoms with van der Waals surface area (Å²) >= 11 is 5.24. The Morgan fingerprint density at radius 3 is 2.30 bits per heavy atom. The highest BCUT2D eigenvalue weighted by Crippen LogP contribution is 2.10. The van der Waals surface area contributed by atoms with Crippen LogP contribution in [0.4, 0.5) is 12.9 Å². The highest BCUT2D eigenvalue weighted by Gasteiger charge is 2.16.